The average Bonchev–Trinajstić information content (AvgIpc) is 2.49. The van der Waals surface area contributed by atoms with Gasteiger partial charge in [-0.2, -0.15) is 0 Å². The van der Waals surface area contributed by atoms with E-state index in [2.05, 4.69) is 5.32 Å². The van der Waals surface area contributed by atoms with E-state index in [-0.39, 0.29) is 6.04 Å². The van der Waals surface area contributed by atoms with Crippen LogP contribution in [0.5, 0.6) is 5.75 Å². The summed E-state index contributed by atoms with van der Waals surface area (Å²) in [6.07, 6.45) is 1.24. The monoisotopic (exact) mass is 291 g/mol. The van der Waals surface area contributed by atoms with Crippen LogP contribution < -0.4 is 10.1 Å². The van der Waals surface area contributed by atoms with Crippen LogP contribution in [-0.4, -0.2) is 20.2 Å². The molecule has 0 aromatic heterocycles. The predicted octanol–water partition coefficient (Wildman–Crippen LogP) is 3.35. The van der Waals surface area contributed by atoms with Gasteiger partial charge < -0.3 is 10.1 Å². The van der Waals surface area contributed by atoms with Gasteiger partial charge in [0, 0.05) is 12.1 Å². The summed E-state index contributed by atoms with van der Waals surface area (Å²) in [6.45, 7) is 0. The quantitative estimate of drug-likeness (QED) is 0.881. The van der Waals surface area contributed by atoms with Gasteiger partial charge in [0.15, 0.2) is 0 Å². The minimum Gasteiger partial charge on any atom is -0.497 e. The average molecular weight is 291 g/mol. The van der Waals surface area contributed by atoms with Crippen LogP contribution in [-0.2, 0) is 12.8 Å². The summed E-state index contributed by atoms with van der Waals surface area (Å²) in [6, 6.07) is 11.6. The van der Waals surface area contributed by atoms with Gasteiger partial charge in [-0.1, -0.05) is 18.2 Å². The highest BCUT2D eigenvalue weighted by Crippen LogP contribution is 2.17. The number of hydrogen-bond acceptors (Lipinski definition) is 2. The van der Waals surface area contributed by atoms with E-state index in [1.807, 2.05) is 31.3 Å². The molecule has 2 rings (SSSR count). The summed E-state index contributed by atoms with van der Waals surface area (Å²) < 4.78 is 31.8. The van der Waals surface area contributed by atoms with Crippen LogP contribution in [0, 0.1) is 11.6 Å². The first-order chi connectivity index (χ1) is 10.1. The number of ether oxygens (including phenoxy) is 1. The number of methoxy groups -OCH3 is 1. The van der Waals surface area contributed by atoms with Crippen molar-refractivity contribution in [2.75, 3.05) is 14.2 Å². The van der Waals surface area contributed by atoms with Gasteiger partial charge in [-0.3, -0.25) is 0 Å². The van der Waals surface area contributed by atoms with E-state index in [1.165, 1.54) is 12.1 Å². The second-order valence-electron chi connectivity index (χ2n) is 4.98. The maximum absolute atomic E-state index is 13.7. The van der Waals surface area contributed by atoms with Gasteiger partial charge in [-0.15, -0.1) is 0 Å². The molecule has 0 spiro atoms. The predicted molar refractivity (Wildman–Crippen MR) is 79.6 cm³/mol. The lowest BCUT2D eigenvalue weighted by molar-refractivity contribution is 0.414. The number of halogens is 2. The fraction of sp³-hybridized carbons (Fsp3) is 0.294. The van der Waals surface area contributed by atoms with E-state index >= 15 is 0 Å². The van der Waals surface area contributed by atoms with Gasteiger partial charge in [0.2, 0.25) is 0 Å². The molecule has 0 radical (unpaired) electrons. The fourth-order valence-electron chi connectivity index (χ4n) is 2.31. The van der Waals surface area contributed by atoms with Crippen LogP contribution in [0.15, 0.2) is 42.5 Å². The van der Waals surface area contributed by atoms with Crippen LogP contribution in [0.4, 0.5) is 8.78 Å². The van der Waals surface area contributed by atoms with Crippen molar-refractivity contribution < 1.29 is 13.5 Å². The van der Waals surface area contributed by atoms with Crippen molar-refractivity contribution in [3.05, 3.63) is 65.2 Å². The molecule has 0 amide bonds. The molecule has 4 heteroatoms. The highest BCUT2D eigenvalue weighted by molar-refractivity contribution is 5.29. The van der Waals surface area contributed by atoms with E-state index in [1.54, 1.807) is 7.11 Å². The largest absolute Gasteiger partial charge is 0.497 e. The zero-order valence-electron chi connectivity index (χ0n) is 12.2. The van der Waals surface area contributed by atoms with Gasteiger partial charge in [-0.05, 0) is 49.2 Å². The van der Waals surface area contributed by atoms with Crippen LogP contribution in [0.25, 0.3) is 0 Å². The van der Waals surface area contributed by atoms with Crippen LogP contribution in [0.2, 0.25) is 0 Å². The number of likely N-dealkylation sites (N-methyl/N-ethyl adjacent to an activating group) is 1. The third kappa shape index (κ3) is 4.26. The Balaban J connectivity index is 2.09. The van der Waals surface area contributed by atoms with Crippen molar-refractivity contribution in [2.45, 2.75) is 18.9 Å². The molecule has 0 heterocycles. The molecule has 1 atom stereocenters. The molecule has 112 valence electrons. The lowest BCUT2D eigenvalue weighted by Gasteiger charge is -2.17. The maximum Gasteiger partial charge on any atom is 0.129 e. The first-order valence-electron chi connectivity index (χ1n) is 6.86. The standard InChI is InChI=1S/C17H19F2NO/c1-20-15(8-12-4-3-5-16(9-12)21-2)10-13-6-7-14(18)11-17(13)19/h3-7,9,11,15,20H,8,10H2,1-2H3. The molecule has 0 aliphatic heterocycles. The number of benzene rings is 2. The van der Waals surface area contributed by atoms with E-state index in [4.69, 9.17) is 4.74 Å². The second-order valence-corrected chi connectivity index (χ2v) is 4.98. The van der Waals surface area contributed by atoms with E-state index in [9.17, 15) is 8.78 Å². The highest BCUT2D eigenvalue weighted by atomic mass is 19.1. The molecule has 1 unspecified atom stereocenters. The Morgan fingerprint density at radius 1 is 1.10 bits per heavy atom. The Hall–Kier alpha value is -1.94. The van der Waals surface area contributed by atoms with Crippen molar-refractivity contribution in [2.24, 2.45) is 0 Å². The summed E-state index contributed by atoms with van der Waals surface area (Å²) >= 11 is 0. The molecule has 0 aliphatic rings. The first-order valence-corrected chi connectivity index (χ1v) is 6.86. The Bertz CT molecular complexity index is 601. The highest BCUT2D eigenvalue weighted by Gasteiger charge is 2.12. The summed E-state index contributed by atoms with van der Waals surface area (Å²) in [5.74, 6) is -0.249. The maximum atomic E-state index is 13.7. The Labute approximate surface area is 123 Å². The molecule has 2 aromatic carbocycles. The molecule has 1 N–H and O–H groups in total. The van der Waals surface area contributed by atoms with Crippen molar-refractivity contribution in [1.82, 2.24) is 5.32 Å². The molecule has 21 heavy (non-hydrogen) atoms. The molecule has 2 aromatic rings. The van der Waals surface area contributed by atoms with Gasteiger partial charge in [-0.25, -0.2) is 8.78 Å². The SMILES string of the molecule is CNC(Cc1cccc(OC)c1)Cc1ccc(F)cc1F. The van der Waals surface area contributed by atoms with Crippen LogP contribution >= 0.6 is 0 Å². The van der Waals surface area contributed by atoms with E-state index in [0.29, 0.717) is 12.0 Å². The fourth-order valence-corrected chi connectivity index (χ4v) is 2.31. The molecule has 2 nitrogen and oxygen atoms in total. The lowest BCUT2D eigenvalue weighted by Crippen LogP contribution is -2.30. The minimum absolute atomic E-state index is 0.0667. The van der Waals surface area contributed by atoms with Crippen LogP contribution in [0.1, 0.15) is 11.1 Å². The van der Waals surface area contributed by atoms with E-state index < -0.39 is 11.6 Å². The van der Waals surface area contributed by atoms with Gasteiger partial charge >= 0.3 is 0 Å². The third-order valence-electron chi connectivity index (χ3n) is 3.51. The Morgan fingerprint density at radius 2 is 1.90 bits per heavy atom. The summed E-state index contributed by atoms with van der Waals surface area (Å²) in [4.78, 5) is 0. The van der Waals surface area contributed by atoms with Crippen molar-refractivity contribution in [3.8, 4) is 5.75 Å². The van der Waals surface area contributed by atoms with Crippen molar-refractivity contribution in [1.29, 1.82) is 0 Å². The Morgan fingerprint density at radius 3 is 2.57 bits per heavy atom. The smallest absolute Gasteiger partial charge is 0.129 e. The Kier molecular flexibility index (Phi) is 5.28. The second kappa shape index (κ2) is 7.18. The lowest BCUT2D eigenvalue weighted by atomic mass is 9.98. The zero-order valence-corrected chi connectivity index (χ0v) is 12.2. The molecule has 0 bridgehead atoms. The van der Waals surface area contributed by atoms with Crippen molar-refractivity contribution >= 4 is 0 Å². The van der Waals surface area contributed by atoms with E-state index in [0.717, 1.165) is 23.8 Å². The number of nitrogens with one attached hydrogen (secondary N) is 1. The number of rotatable bonds is 6. The topological polar surface area (TPSA) is 21.3 Å². The molecule has 0 fully saturated rings. The molecular formula is C17H19F2NO. The summed E-state index contributed by atoms with van der Waals surface area (Å²) in [7, 11) is 3.47. The van der Waals surface area contributed by atoms with Gasteiger partial charge in [0.25, 0.3) is 0 Å². The summed E-state index contributed by atoms with van der Waals surface area (Å²) in [5, 5.41) is 3.18. The molecule has 0 saturated heterocycles. The van der Waals surface area contributed by atoms with Crippen LogP contribution in [0.3, 0.4) is 0 Å². The third-order valence-corrected chi connectivity index (χ3v) is 3.51. The normalized spacial score (nSPS) is 12.2. The number of hydrogen-bond donors (Lipinski definition) is 1. The van der Waals surface area contributed by atoms with Crippen molar-refractivity contribution in [3.63, 3.8) is 0 Å². The molecule has 0 aliphatic carbocycles. The molecular weight excluding hydrogens is 272 g/mol. The summed E-state index contributed by atoms with van der Waals surface area (Å²) in [5.41, 5.74) is 1.62. The molecule has 0 saturated carbocycles. The van der Waals surface area contributed by atoms with Gasteiger partial charge in [0.1, 0.15) is 17.4 Å². The zero-order chi connectivity index (χ0) is 15.2. The first kappa shape index (κ1) is 15.4. The minimum atomic E-state index is -0.551. The van der Waals surface area contributed by atoms with Gasteiger partial charge in [0.05, 0.1) is 7.11 Å².